The second-order valence-corrected chi connectivity index (χ2v) is 5.78. The van der Waals surface area contributed by atoms with Gasteiger partial charge in [0.1, 0.15) is 0 Å². The minimum Gasteiger partial charge on any atom is -0.504 e. The Labute approximate surface area is 133 Å². The van der Waals surface area contributed by atoms with Crippen molar-refractivity contribution in [2.75, 3.05) is 6.26 Å². The van der Waals surface area contributed by atoms with Gasteiger partial charge in [0, 0.05) is 11.3 Å². The molecule has 1 aliphatic heterocycles. The number of ketones is 1. The summed E-state index contributed by atoms with van der Waals surface area (Å²) in [5.74, 6) is -1.22. The van der Waals surface area contributed by atoms with E-state index in [1.165, 1.54) is 30.8 Å². The number of aromatic hydroxyl groups is 2. The Morgan fingerprint density at radius 3 is 2.55 bits per heavy atom. The Kier molecular flexibility index (Phi) is 4.48. The molecule has 0 spiro atoms. The van der Waals surface area contributed by atoms with Gasteiger partial charge in [0.05, 0.1) is 22.6 Å². The Morgan fingerprint density at radius 2 is 2.05 bits per heavy atom. The van der Waals surface area contributed by atoms with Gasteiger partial charge in [-0.3, -0.25) is 4.79 Å². The van der Waals surface area contributed by atoms with Crippen LogP contribution in [0.2, 0.25) is 0 Å². The van der Waals surface area contributed by atoms with E-state index >= 15 is 0 Å². The monoisotopic (exact) mass is 316 g/mol. The third kappa shape index (κ3) is 2.68. The molecule has 1 atom stereocenters. The number of rotatable bonds is 3. The first-order chi connectivity index (χ1) is 10.4. The van der Waals surface area contributed by atoms with E-state index in [9.17, 15) is 20.3 Å². The number of hydrogen-bond acceptors (Lipinski definition) is 6. The summed E-state index contributed by atoms with van der Waals surface area (Å²) in [4.78, 5) is 12.1. The minimum absolute atomic E-state index is 0.143. The van der Waals surface area contributed by atoms with Gasteiger partial charge in [-0.2, -0.15) is 5.26 Å². The summed E-state index contributed by atoms with van der Waals surface area (Å²) in [6.07, 6.45) is 1.84. The molecule has 114 valence electrons. The van der Waals surface area contributed by atoms with Crippen LogP contribution >= 0.6 is 11.8 Å². The summed E-state index contributed by atoms with van der Waals surface area (Å²) in [7, 11) is 0. The quantitative estimate of drug-likeness (QED) is 0.742. The van der Waals surface area contributed by atoms with Crippen molar-refractivity contribution in [3.8, 4) is 17.6 Å². The maximum Gasteiger partial charge on any atom is 0.158 e. The highest BCUT2D eigenvalue weighted by atomic mass is 32.2. The van der Waals surface area contributed by atoms with Crippen LogP contribution in [0.25, 0.3) is 0 Å². The van der Waals surface area contributed by atoms with E-state index in [-0.39, 0.29) is 17.3 Å². The number of nitriles is 1. The highest BCUT2D eigenvalue weighted by Crippen LogP contribution is 2.42. The lowest BCUT2D eigenvalue weighted by molar-refractivity contribution is -0.113. The van der Waals surface area contributed by atoms with Crippen molar-refractivity contribution in [3.05, 3.63) is 45.6 Å². The fraction of sp³-hybridized carbons (Fsp3) is 0.250. The zero-order chi connectivity index (χ0) is 16.4. The number of nitrogens with zero attached hydrogens (tertiary/aromatic N) is 1. The molecule has 1 unspecified atom stereocenters. The van der Waals surface area contributed by atoms with Crippen LogP contribution in [0.5, 0.6) is 11.5 Å². The first-order valence-electron chi connectivity index (χ1n) is 6.59. The first-order valence-corrected chi connectivity index (χ1v) is 7.82. The highest BCUT2D eigenvalue weighted by Gasteiger charge is 2.32. The van der Waals surface area contributed by atoms with Gasteiger partial charge in [-0.25, -0.2) is 0 Å². The van der Waals surface area contributed by atoms with Gasteiger partial charge in [-0.15, -0.1) is 11.8 Å². The number of Topliss-reactive ketones (excluding diaryl/α,β-unsaturated/α-hetero) is 1. The lowest BCUT2D eigenvalue weighted by Crippen LogP contribution is -2.26. The van der Waals surface area contributed by atoms with E-state index < -0.39 is 5.92 Å². The smallest absolute Gasteiger partial charge is 0.158 e. The number of phenolic OH excluding ortho intramolecular Hbond substituents is 2. The molecule has 0 aromatic heterocycles. The number of nitrogens with one attached hydrogen (secondary N) is 1. The molecule has 0 amide bonds. The van der Waals surface area contributed by atoms with Crippen LogP contribution in [0.3, 0.4) is 0 Å². The van der Waals surface area contributed by atoms with Crippen LogP contribution in [0.15, 0.2) is 40.1 Å². The van der Waals surface area contributed by atoms with Crippen molar-refractivity contribution >= 4 is 17.5 Å². The number of thioether (sulfide) groups is 1. The Hall–Kier alpha value is -2.39. The van der Waals surface area contributed by atoms with Crippen molar-refractivity contribution in [1.29, 1.82) is 5.26 Å². The van der Waals surface area contributed by atoms with Crippen molar-refractivity contribution in [2.45, 2.75) is 19.8 Å². The molecule has 5 nitrogen and oxygen atoms in total. The molecule has 0 fully saturated rings. The molecule has 0 bridgehead atoms. The van der Waals surface area contributed by atoms with E-state index in [0.29, 0.717) is 27.4 Å². The summed E-state index contributed by atoms with van der Waals surface area (Å²) in [6.45, 7) is 3.24. The maximum atomic E-state index is 12.1. The van der Waals surface area contributed by atoms with E-state index in [4.69, 9.17) is 0 Å². The number of benzene rings is 1. The molecule has 1 aromatic rings. The molecule has 1 heterocycles. The van der Waals surface area contributed by atoms with E-state index in [2.05, 4.69) is 11.4 Å². The van der Waals surface area contributed by atoms with Crippen LogP contribution in [0.1, 0.15) is 25.3 Å². The largest absolute Gasteiger partial charge is 0.504 e. The van der Waals surface area contributed by atoms with Gasteiger partial charge in [-0.05, 0) is 37.8 Å². The SMILES string of the molecule is CSC1=C(C#N)C(c2ccc(O)c(O)c2)C(C(C)=O)=C(C)N1. The lowest BCUT2D eigenvalue weighted by Gasteiger charge is -2.29. The summed E-state index contributed by atoms with van der Waals surface area (Å²) in [6, 6.07) is 6.51. The van der Waals surface area contributed by atoms with Crippen LogP contribution < -0.4 is 5.32 Å². The summed E-state index contributed by atoms with van der Waals surface area (Å²) >= 11 is 1.39. The van der Waals surface area contributed by atoms with Gasteiger partial charge in [0.15, 0.2) is 17.3 Å². The van der Waals surface area contributed by atoms with Crippen LogP contribution in [-0.4, -0.2) is 22.3 Å². The Balaban J connectivity index is 2.70. The summed E-state index contributed by atoms with van der Waals surface area (Å²) in [5.41, 5.74) is 2.19. The van der Waals surface area contributed by atoms with Crippen LogP contribution in [-0.2, 0) is 4.79 Å². The Morgan fingerprint density at radius 1 is 1.36 bits per heavy atom. The van der Waals surface area contributed by atoms with Gasteiger partial charge < -0.3 is 15.5 Å². The van der Waals surface area contributed by atoms with Gasteiger partial charge in [0.25, 0.3) is 0 Å². The van der Waals surface area contributed by atoms with Crippen molar-refractivity contribution in [3.63, 3.8) is 0 Å². The normalized spacial score (nSPS) is 18.0. The topological polar surface area (TPSA) is 93.3 Å². The molecule has 2 rings (SSSR count). The number of allylic oxidation sites excluding steroid dienone is 3. The maximum absolute atomic E-state index is 12.1. The second-order valence-electron chi connectivity index (χ2n) is 4.96. The van der Waals surface area contributed by atoms with Crippen LogP contribution in [0, 0.1) is 11.3 Å². The minimum atomic E-state index is -0.558. The van der Waals surface area contributed by atoms with Crippen molar-refractivity contribution in [1.82, 2.24) is 5.32 Å². The molecule has 3 N–H and O–H groups in total. The second kappa shape index (κ2) is 6.16. The number of hydrogen-bond donors (Lipinski definition) is 3. The standard InChI is InChI=1S/C16H16N2O3S/c1-8-14(9(2)19)15(11(7-17)16(18-8)22-3)10-4-5-12(20)13(21)6-10/h4-6,15,18,20-21H,1-3H3. The molecular formula is C16H16N2O3S. The number of carbonyl (C=O) groups excluding carboxylic acids is 1. The molecule has 1 aliphatic rings. The van der Waals surface area contributed by atoms with E-state index in [1.807, 2.05) is 6.26 Å². The zero-order valence-corrected chi connectivity index (χ0v) is 13.3. The van der Waals surface area contributed by atoms with Gasteiger partial charge in [0.2, 0.25) is 0 Å². The molecule has 6 heteroatoms. The zero-order valence-electron chi connectivity index (χ0n) is 12.5. The molecule has 0 aliphatic carbocycles. The van der Waals surface area contributed by atoms with Crippen LogP contribution in [0.4, 0.5) is 0 Å². The van der Waals surface area contributed by atoms with Crippen molar-refractivity contribution in [2.24, 2.45) is 0 Å². The van der Waals surface area contributed by atoms with Crippen molar-refractivity contribution < 1.29 is 15.0 Å². The van der Waals surface area contributed by atoms with E-state index in [0.717, 1.165) is 0 Å². The average molecular weight is 316 g/mol. The summed E-state index contributed by atoms with van der Waals surface area (Å²) in [5, 5.41) is 32.5. The third-order valence-electron chi connectivity index (χ3n) is 3.56. The number of carbonyl (C=O) groups is 1. The average Bonchev–Trinajstić information content (AvgIpc) is 2.48. The fourth-order valence-corrected chi connectivity index (χ4v) is 3.23. The number of phenols is 2. The van der Waals surface area contributed by atoms with Gasteiger partial charge >= 0.3 is 0 Å². The number of dihydropyridines is 1. The first kappa shape index (κ1) is 16.0. The Bertz CT molecular complexity index is 744. The van der Waals surface area contributed by atoms with Gasteiger partial charge in [-0.1, -0.05) is 6.07 Å². The van der Waals surface area contributed by atoms with E-state index in [1.54, 1.807) is 13.0 Å². The molecule has 1 aromatic carbocycles. The molecular weight excluding hydrogens is 300 g/mol. The predicted octanol–water partition coefficient (Wildman–Crippen LogP) is 2.75. The molecule has 22 heavy (non-hydrogen) atoms. The third-order valence-corrected chi connectivity index (χ3v) is 4.29. The molecule has 0 radical (unpaired) electrons. The molecule has 0 saturated carbocycles. The predicted molar refractivity (Wildman–Crippen MR) is 85.2 cm³/mol. The fourth-order valence-electron chi connectivity index (χ4n) is 2.59. The highest BCUT2D eigenvalue weighted by molar-refractivity contribution is 8.02. The molecule has 0 saturated heterocycles. The summed E-state index contributed by atoms with van der Waals surface area (Å²) < 4.78 is 0. The lowest BCUT2D eigenvalue weighted by atomic mass is 9.81.